The van der Waals surface area contributed by atoms with E-state index in [2.05, 4.69) is 25.0 Å². The van der Waals surface area contributed by atoms with Crippen molar-refractivity contribution >= 4 is 5.78 Å². The third kappa shape index (κ3) is 4.19. The molecule has 0 bridgehead atoms. The molecule has 0 radical (unpaired) electrons. The fourth-order valence-electron chi connectivity index (χ4n) is 3.27. The number of nitrogens with zero attached hydrogens (tertiary/aromatic N) is 2. The Morgan fingerprint density at radius 3 is 2.55 bits per heavy atom. The van der Waals surface area contributed by atoms with Gasteiger partial charge in [0.1, 0.15) is 5.78 Å². The molecule has 1 fully saturated rings. The summed E-state index contributed by atoms with van der Waals surface area (Å²) in [6.45, 7) is 5.05. The van der Waals surface area contributed by atoms with Gasteiger partial charge in [-0.25, -0.2) is 0 Å². The Bertz CT molecular complexity index is 428. The summed E-state index contributed by atoms with van der Waals surface area (Å²) in [4.78, 5) is 12.3. The molecule has 0 saturated heterocycles. The highest BCUT2D eigenvalue weighted by molar-refractivity contribution is 5.80. The maximum absolute atomic E-state index is 12.3. The van der Waals surface area contributed by atoms with Crippen molar-refractivity contribution in [3.63, 3.8) is 0 Å². The van der Waals surface area contributed by atoms with E-state index in [0.29, 0.717) is 18.1 Å². The topological polar surface area (TPSA) is 34.9 Å². The lowest BCUT2D eigenvalue weighted by Crippen LogP contribution is -2.13. The number of aromatic nitrogens is 2. The summed E-state index contributed by atoms with van der Waals surface area (Å²) in [5, 5.41) is 4.53. The van der Waals surface area contributed by atoms with E-state index in [1.165, 1.54) is 38.5 Å². The normalized spacial score (nSPS) is 17.1. The molecule has 2 rings (SSSR count). The lowest BCUT2D eigenvalue weighted by atomic mass is 9.93. The molecule has 20 heavy (non-hydrogen) atoms. The monoisotopic (exact) mass is 276 g/mol. The molecular formula is C17H28N2O. The zero-order valence-electron chi connectivity index (χ0n) is 13.0. The number of aryl methyl sites for hydroxylation is 2. The van der Waals surface area contributed by atoms with Gasteiger partial charge >= 0.3 is 0 Å². The Labute approximate surface area is 122 Å². The van der Waals surface area contributed by atoms with E-state index in [-0.39, 0.29) is 0 Å². The minimum absolute atomic E-state index is 0.397. The molecule has 1 saturated carbocycles. The van der Waals surface area contributed by atoms with Gasteiger partial charge in [0.05, 0.1) is 5.69 Å². The molecule has 1 aromatic rings. The van der Waals surface area contributed by atoms with Gasteiger partial charge in [0.15, 0.2) is 0 Å². The summed E-state index contributed by atoms with van der Waals surface area (Å²) in [7, 11) is 0. The lowest BCUT2D eigenvalue weighted by Gasteiger charge is -2.12. The second kappa shape index (κ2) is 7.61. The highest BCUT2D eigenvalue weighted by Gasteiger charge is 2.17. The van der Waals surface area contributed by atoms with E-state index in [4.69, 9.17) is 0 Å². The molecule has 0 unspecified atom stereocenters. The summed E-state index contributed by atoms with van der Waals surface area (Å²) < 4.78 is 1.99. The van der Waals surface area contributed by atoms with Crippen molar-refractivity contribution in [3.8, 4) is 0 Å². The Kier molecular flexibility index (Phi) is 5.81. The molecule has 112 valence electrons. The Hall–Kier alpha value is -1.12. The Morgan fingerprint density at radius 1 is 1.25 bits per heavy atom. The van der Waals surface area contributed by atoms with Gasteiger partial charge < -0.3 is 0 Å². The van der Waals surface area contributed by atoms with E-state index < -0.39 is 0 Å². The van der Waals surface area contributed by atoms with E-state index >= 15 is 0 Å². The highest BCUT2D eigenvalue weighted by atomic mass is 16.1. The van der Waals surface area contributed by atoms with Crippen LogP contribution < -0.4 is 0 Å². The van der Waals surface area contributed by atoms with Crippen LogP contribution in [0, 0.1) is 5.92 Å². The maximum Gasteiger partial charge on any atom is 0.139 e. The molecular weight excluding hydrogens is 248 g/mol. The average Bonchev–Trinajstić information content (AvgIpc) is 2.65. The van der Waals surface area contributed by atoms with Crippen molar-refractivity contribution in [2.75, 3.05) is 0 Å². The minimum Gasteiger partial charge on any atom is -0.299 e. The number of carbonyl (C=O) groups is 1. The van der Waals surface area contributed by atoms with Crippen LogP contribution in [-0.2, 0) is 24.2 Å². The number of hydrogen-bond acceptors (Lipinski definition) is 2. The molecule has 3 heteroatoms. The Morgan fingerprint density at radius 2 is 1.95 bits per heavy atom. The fourth-order valence-corrected chi connectivity index (χ4v) is 3.27. The molecule has 0 aliphatic heterocycles. The second-order valence-electron chi connectivity index (χ2n) is 6.07. The van der Waals surface area contributed by atoms with Gasteiger partial charge in [-0.3, -0.25) is 9.48 Å². The van der Waals surface area contributed by atoms with Crippen LogP contribution in [0.15, 0.2) is 6.07 Å². The quantitative estimate of drug-likeness (QED) is 0.738. The van der Waals surface area contributed by atoms with Crippen LogP contribution in [0.2, 0.25) is 0 Å². The summed E-state index contributed by atoms with van der Waals surface area (Å²) in [6, 6.07) is 2.11. The number of rotatable bonds is 6. The standard InChI is InChI=1S/C17H28N2O/c1-3-15-12-16(19(4-2)18-15)13-17(20)11-14-9-7-5-6-8-10-14/h12,14H,3-11,13H2,1-2H3. The highest BCUT2D eigenvalue weighted by Crippen LogP contribution is 2.26. The molecule has 0 aromatic carbocycles. The van der Waals surface area contributed by atoms with Crippen LogP contribution in [0.4, 0.5) is 0 Å². The average molecular weight is 276 g/mol. The van der Waals surface area contributed by atoms with Crippen molar-refractivity contribution in [1.82, 2.24) is 9.78 Å². The number of hydrogen-bond donors (Lipinski definition) is 0. The Balaban J connectivity index is 1.91. The minimum atomic E-state index is 0.397. The first kappa shape index (κ1) is 15.3. The van der Waals surface area contributed by atoms with Gasteiger partial charge in [-0.1, -0.05) is 45.4 Å². The third-order valence-electron chi connectivity index (χ3n) is 4.45. The smallest absolute Gasteiger partial charge is 0.139 e. The van der Waals surface area contributed by atoms with Crippen molar-refractivity contribution < 1.29 is 4.79 Å². The molecule has 1 aromatic heterocycles. The van der Waals surface area contributed by atoms with Gasteiger partial charge in [-0.2, -0.15) is 5.10 Å². The van der Waals surface area contributed by atoms with Gasteiger partial charge in [0, 0.05) is 25.1 Å². The van der Waals surface area contributed by atoms with Crippen LogP contribution in [-0.4, -0.2) is 15.6 Å². The second-order valence-corrected chi connectivity index (χ2v) is 6.07. The lowest BCUT2D eigenvalue weighted by molar-refractivity contribution is -0.119. The van der Waals surface area contributed by atoms with Gasteiger partial charge in [-0.05, 0) is 25.3 Å². The van der Waals surface area contributed by atoms with Crippen molar-refractivity contribution in [1.29, 1.82) is 0 Å². The van der Waals surface area contributed by atoms with Crippen LogP contribution in [0.3, 0.4) is 0 Å². The van der Waals surface area contributed by atoms with Crippen molar-refractivity contribution in [3.05, 3.63) is 17.5 Å². The molecule has 0 amide bonds. The summed E-state index contributed by atoms with van der Waals surface area (Å²) in [5.41, 5.74) is 2.20. The van der Waals surface area contributed by atoms with Crippen molar-refractivity contribution in [2.45, 2.75) is 78.2 Å². The number of carbonyl (C=O) groups excluding carboxylic acids is 1. The summed E-state index contributed by atoms with van der Waals surface area (Å²) >= 11 is 0. The first-order chi connectivity index (χ1) is 9.72. The van der Waals surface area contributed by atoms with Gasteiger partial charge in [-0.15, -0.1) is 0 Å². The zero-order valence-corrected chi connectivity index (χ0v) is 13.0. The first-order valence-electron chi connectivity index (χ1n) is 8.30. The maximum atomic E-state index is 12.3. The third-order valence-corrected chi connectivity index (χ3v) is 4.45. The van der Waals surface area contributed by atoms with E-state index in [1.54, 1.807) is 0 Å². The predicted molar refractivity (Wildman–Crippen MR) is 81.8 cm³/mol. The van der Waals surface area contributed by atoms with Crippen molar-refractivity contribution in [2.24, 2.45) is 5.92 Å². The summed E-state index contributed by atoms with van der Waals surface area (Å²) in [5.74, 6) is 1.03. The van der Waals surface area contributed by atoms with E-state index in [9.17, 15) is 4.79 Å². The summed E-state index contributed by atoms with van der Waals surface area (Å²) in [6.07, 6.45) is 10.1. The van der Waals surface area contributed by atoms with Gasteiger partial charge in [0.25, 0.3) is 0 Å². The molecule has 1 heterocycles. The van der Waals surface area contributed by atoms with Crippen LogP contribution >= 0.6 is 0 Å². The SMILES string of the molecule is CCc1cc(CC(=O)CC2CCCCCC2)n(CC)n1. The molecule has 0 atom stereocenters. The molecule has 3 nitrogen and oxygen atoms in total. The zero-order chi connectivity index (χ0) is 14.4. The van der Waals surface area contributed by atoms with Crippen LogP contribution in [0.5, 0.6) is 0 Å². The van der Waals surface area contributed by atoms with E-state index in [1.807, 2.05) is 4.68 Å². The number of ketones is 1. The predicted octanol–water partition coefficient (Wildman–Crippen LogP) is 3.94. The molecule has 1 aliphatic carbocycles. The molecule has 1 aliphatic rings. The van der Waals surface area contributed by atoms with Gasteiger partial charge in [0.2, 0.25) is 0 Å². The first-order valence-corrected chi connectivity index (χ1v) is 8.30. The van der Waals surface area contributed by atoms with Crippen LogP contribution in [0.1, 0.15) is 70.2 Å². The molecule has 0 N–H and O–H groups in total. The van der Waals surface area contributed by atoms with E-state index in [0.717, 1.165) is 30.8 Å². The fraction of sp³-hybridized carbons (Fsp3) is 0.765. The molecule has 0 spiro atoms. The largest absolute Gasteiger partial charge is 0.299 e. The van der Waals surface area contributed by atoms with Crippen LogP contribution in [0.25, 0.3) is 0 Å². The number of Topliss-reactive ketones (excluding diaryl/α,β-unsaturated/α-hetero) is 1.